The Morgan fingerprint density at radius 1 is 0.875 bits per heavy atom. The highest BCUT2D eigenvalue weighted by Crippen LogP contribution is 2.11. The van der Waals surface area contributed by atoms with E-state index in [4.69, 9.17) is 5.73 Å². The normalized spacial score (nSPS) is 17.5. The van der Waals surface area contributed by atoms with Crippen molar-refractivity contribution in [3.63, 3.8) is 0 Å². The topological polar surface area (TPSA) is 122 Å². The van der Waals surface area contributed by atoms with Gasteiger partial charge in [-0.15, -0.1) is 0 Å². The van der Waals surface area contributed by atoms with Crippen LogP contribution in [-0.4, -0.2) is 41.0 Å². The zero-order valence-electron chi connectivity index (χ0n) is 15.6. The second-order valence-electron chi connectivity index (χ2n) is 6.85. The third-order valence-electron chi connectivity index (χ3n) is 4.58. The van der Waals surface area contributed by atoms with Gasteiger partial charge in [0.2, 0.25) is 11.8 Å². The second-order valence-corrected chi connectivity index (χ2v) is 6.85. The maximum Gasteiger partial charge on any atom is 0.326 e. The summed E-state index contributed by atoms with van der Waals surface area (Å²) in [6, 6.07) is -2.50. The molecular weight excluding hydrogens is 310 g/mol. The van der Waals surface area contributed by atoms with E-state index in [0.717, 1.165) is 6.42 Å². The molecule has 0 radical (unpaired) electrons. The first-order chi connectivity index (χ1) is 11.1. The number of amides is 2. The van der Waals surface area contributed by atoms with Crippen LogP contribution in [0.1, 0.15) is 54.4 Å². The molecule has 0 bridgehead atoms. The van der Waals surface area contributed by atoms with E-state index in [-0.39, 0.29) is 17.8 Å². The standard InChI is InChI=1S/C17H33N3O4/c1-7-10(5)12(18)15(21)19-13(9(3)4)16(22)20-14(17(23)24)11(6)8-2/h9-14H,7-8,18H2,1-6H3,(H,19,21)(H,20,22)(H,23,24). The first kappa shape index (κ1) is 22.4. The van der Waals surface area contributed by atoms with E-state index in [9.17, 15) is 19.5 Å². The molecule has 0 aromatic rings. The first-order valence-electron chi connectivity index (χ1n) is 8.65. The van der Waals surface area contributed by atoms with Crippen LogP contribution in [0, 0.1) is 17.8 Å². The van der Waals surface area contributed by atoms with Gasteiger partial charge in [0.25, 0.3) is 0 Å². The molecule has 7 nitrogen and oxygen atoms in total. The van der Waals surface area contributed by atoms with Gasteiger partial charge < -0.3 is 21.5 Å². The van der Waals surface area contributed by atoms with Gasteiger partial charge in [0, 0.05) is 0 Å². The molecule has 0 fully saturated rings. The molecule has 0 aromatic heterocycles. The molecule has 0 aliphatic rings. The zero-order valence-corrected chi connectivity index (χ0v) is 15.6. The fourth-order valence-corrected chi connectivity index (χ4v) is 2.22. The molecule has 5 atom stereocenters. The lowest BCUT2D eigenvalue weighted by molar-refractivity contribution is -0.144. The number of carboxylic acids is 1. The minimum Gasteiger partial charge on any atom is -0.480 e. The molecule has 5 N–H and O–H groups in total. The van der Waals surface area contributed by atoms with Gasteiger partial charge in [-0.1, -0.05) is 54.4 Å². The molecule has 7 heteroatoms. The van der Waals surface area contributed by atoms with Crippen LogP contribution in [0.4, 0.5) is 0 Å². The summed E-state index contributed by atoms with van der Waals surface area (Å²) in [5, 5.41) is 14.5. The van der Waals surface area contributed by atoms with Gasteiger partial charge in [-0.2, -0.15) is 0 Å². The van der Waals surface area contributed by atoms with Gasteiger partial charge in [0.15, 0.2) is 0 Å². The van der Waals surface area contributed by atoms with Crippen molar-refractivity contribution in [2.75, 3.05) is 0 Å². The number of carbonyl (C=O) groups excluding carboxylic acids is 2. The highest BCUT2D eigenvalue weighted by Gasteiger charge is 2.32. The first-order valence-corrected chi connectivity index (χ1v) is 8.65. The lowest BCUT2D eigenvalue weighted by atomic mass is 9.96. The molecule has 0 heterocycles. The van der Waals surface area contributed by atoms with Crippen molar-refractivity contribution in [1.82, 2.24) is 10.6 Å². The van der Waals surface area contributed by atoms with E-state index < -0.39 is 35.9 Å². The molecule has 0 spiro atoms. The predicted molar refractivity (Wildman–Crippen MR) is 93.2 cm³/mol. The van der Waals surface area contributed by atoms with E-state index in [0.29, 0.717) is 6.42 Å². The van der Waals surface area contributed by atoms with E-state index in [1.165, 1.54) is 0 Å². The fourth-order valence-electron chi connectivity index (χ4n) is 2.22. The molecule has 24 heavy (non-hydrogen) atoms. The number of carbonyl (C=O) groups is 3. The third kappa shape index (κ3) is 6.47. The van der Waals surface area contributed by atoms with Crippen LogP contribution in [0.5, 0.6) is 0 Å². The van der Waals surface area contributed by atoms with Crippen LogP contribution in [0.2, 0.25) is 0 Å². The van der Waals surface area contributed by atoms with Gasteiger partial charge in [0.05, 0.1) is 6.04 Å². The van der Waals surface area contributed by atoms with Crippen LogP contribution in [0.15, 0.2) is 0 Å². The number of hydrogen-bond donors (Lipinski definition) is 4. The molecule has 0 aliphatic carbocycles. The molecule has 5 unspecified atom stereocenters. The van der Waals surface area contributed by atoms with Crippen molar-refractivity contribution in [1.29, 1.82) is 0 Å². The maximum absolute atomic E-state index is 12.5. The summed E-state index contributed by atoms with van der Waals surface area (Å²) in [5.41, 5.74) is 5.90. The van der Waals surface area contributed by atoms with Gasteiger partial charge in [-0.05, 0) is 17.8 Å². The summed E-state index contributed by atoms with van der Waals surface area (Å²) in [5.74, 6) is -2.38. The van der Waals surface area contributed by atoms with Gasteiger partial charge in [-0.25, -0.2) is 4.79 Å². The van der Waals surface area contributed by atoms with E-state index in [2.05, 4.69) is 10.6 Å². The zero-order chi connectivity index (χ0) is 19.0. The number of nitrogens with two attached hydrogens (primary N) is 1. The SMILES string of the molecule is CCC(C)C(N)C(=O)NC(C(=O)NC(C(=O)O)C(C)CC)C(C)C. The minimum absolute atomic E-state index is 0.00671. The maximum atomic E-state index is 12.5. The Bertz CT molecular complexity index is 440. The highest BCUT2D eigenvalue weighted by atomic mass is 16.4. The summed E-state index contributed by atoms with van der Waals surface area (Å²) in [4.78, 5) is 36.1. The van der Waals surface area contributed by atoms with Gasteiger partial charge in [-0.3, -0.25) is 9.59 Å². The lowest BCUT2D eigenvalue weighted by Gasteiger charge is -2.28. The molecular formula is C17H33N3O4. The van der Waals surface area contributed by atoms with Gasteiger partial charge in [0.1, 0.15) is 12.1 Å². The van der Waals surface area contributed by atoms with Crippen molar-refractivity contribution in [3.8, 4) is 0 Å². The number of aliphatic carboxylic acids is 1. The summed E-state index contributed by atoms with van der Waals surface area (Å²) in [6.07, 6.45) is 1.37. The van der Waals surface area contributed by atoms with Crippen LogP contribution in [0.3, 0.4) is 0 Å². The average Bonchev–Trinajstić information content (AvgIpc) is 2.53. The number of nitrogens with one attached hydrogen (secondary N) is 2. The molecule has 0 saturated heterocycles. The molecule has 0 saturated carbocycles. The minimum atomic E-state index is -1.08. The smallest absolute Gasteiger partial charge is 0.326 e. The lowest BCUT2D eigenvalue weighted by Crippen LogP contribution is -2.58. The fraction of sp³-hybridized carbons (Fsp3) is 0.824. The van der Waals surface area contributed by atoms with Gasteiger partial charge >= 0.3 is 5.97 Å². The third-order valence-corrected chi connectivity index (χ3v) is 4.58. The van der Waals surface area contributed by atoms with E-state index in [1.807, 2.05) is 20.8 Å². The van der Waals surface area contributed by atoms with Crippen molar-refractivity contribution >= 4 is 17.8 Å². The Kier molecular flexibility index (Phi) is 9.58. The largest absolute Gasteiger partial charge is 0.480 e. The Labute approximate surface area is 144 Å². The van der Waals surface area contributed by atoms with Crippen molar-refractivity contribution in [3.05, 3.63) is 0 Å². The van der Waals surface area contributed by atoms with Crippen LogP contribution < -0.4 is 16.4 Å². The molecule has 2 amide bonds. The molecule has 0 aromatic carbocycles. The highest BCUT2D eigenvalue weighted by molar-refractivity contribution is 5.92. The van der Waals surface area contributed by atoms with E-state index >= 15 is 0 Å². The molecule has 0 rings (SSSR count). The van der Waals surface area contributed by atoms with Crippen molar-refractivity contribution in [2.24, 2.45) is 23.5 Å². The van der Waals surface area contributed by atoms with Crippen LogP contribution in [0.25, 0.3) is 0 Å². The van der Waals surface area contributed by atoms with Crippen LogP contribution >= 0.6 is 0 Å². The Balaban J connectivity index is 5.08. The quantitative estimate of drug-likeness (QED) is 0.473. The number of carboxylic acid groups (broad SMARTS) is 1. The molecule has 0 aliphatic heterocycles. The summed E-state index contributed by atoms with van der Waals surface area (Å²) in [6.45, 7) is 11.0. The second kappa shape index (κ2) is 10.3. The van der Waals surface area contributed by atoms with Crippen molar-refractivity contribution in [2.45, 2.75) is 72.5 Å². The molecule has 140 valence electrons. The van der Waals surface area contributed by atoms with E-state index in [1.54, 1.807) is 20.8 Å². The Morgan fingerprint density at radius 2 is 1.33 bits per heavy atom. The Morgan fingerprint density at radius 3 is 1.71 bits per heavy atom. The summed E-state index contributed by atoms with van der Waals surface area (Å²) < 4.78 is 0. The Hall–Kier alpha value is -1.63. The van der Waals surface area contributed by atoms with Crippen LogP contribution in [-0.2, 0) is 14.4 Å². The average molecular weight is 343 g/mol. The summed E-state index contributed by atoms with van der Waals surface area (Å²) >= 11 is 0. The summed E-state index contributed by atoms with van der Waals surface area (Å²) in [7, 11) is 0. The number of hydrogen-bond acceptors (Lipinski definition) is 4. The number of rotatable bonds is 10. The van der Waals surface area contributed by atoms with Crippen molar-refractivity contribution < 1.29 is 19.5 Å². The predicted octanol–water partition coefficient (Wildman–Crippen LogP) is 1.12. The monoisotopic (exact) mass is 343 g/mol.